The lowest BCUT2D eigenvalue weighted by Crippen LogP contribution is -2.31. The van der Waals surface area contributed by atoms with Crippen molar-refractivity contribution < 1.29 is 31.1 Å². The van der Waals surface area contributed by atoms with Crippen molar-refractivity contribution in [2.75, 3.05) is 43.1 Å². The van der Waals surface area contributed by atoms with E-state index in [0.717, 1.165) is 23.4 Å². The van der Waals surface area contributed by atoms with E-state index in [1.807, 2.05) is 0 Å². The maximum Gasteiger partial charge on any atom is 0.265 e. The topological polar surface area (TPSA) is 122 Å². The van der Waals surface area contributed by atoms with Crippen LogP contribution in [0.3, 0.4) is 0 Å². The van der Waals surface area contributed by atoms with Crippen LogP contribution in [0, 0.1) is 0 Å². The van der Waals surface area contributed by atoms with E-state index in [1.54, 1.807) is 31.2 Å². The van der Waals surface area contributed by atoms with Crippen molar-refractivity contribution in [3.05, 3.63) is 42.5 Å². The zero-order chi connectivity index (χ0) is 25.1. The second kappa shape index (κ2) is 10.2. The van der Waals surface area contributed by atoms with Crippen LogP contribution < -0.4 is 19.1 Å². The third kappa shape index (κ3) is 5.80. The molecule has 0 spiro atoms. The molecule has 0 saturated carbocycles. The fourth-order valence-electron chi connectivity index (χ4n) is 3.44. The molecular formula is C22H29N3O7S2. The number of hydrogen-bond acceptors (Lipinski definition) is 7. The molecule has 1 fully saturated rings. The molecule has 2 aromatic rings. The van der Waals surface area contributed by atoms with Crippen molar-refractivity contribution >= 4 is 37.3 Å². The van der Waals surface area contributed by atoms with Gasteiger partial charge < -0.3 is 14.8 Å². The minimum Gasteiger partial charge on any atom is -0.495 e. The molecule has 0 aliphatic carbocycles. The highest BCUT2D eigenvalue weighted by Crippen LogP contribution is 2.30. The van der Waals surface area contributed by atoms with Gasteiger partial charge >= 0.3 is 0 Å². The van der Waals surface area contributed by atoms with E-state index in [2.05, 4.69) is 5.32 Å². The van der Waals surface area contributed by atoms with E-state index in [0.29, 0.717) is 30.3 Å². The molecule has 0 unspecified atom stereocenters. The molecule has 2 aromatic carbocycles. The van der Waals surface area contributed by atoms with E-state index in [4.69, 9.17) is 9.47 Å². The van der Waals surface area contributed by atoms with Crippen molar-refractivity contribution in [1.29, 1.82) is 0 Å². The molecule has 3 rings (SSSR count). The summed E-state index contributed by atoms with van der Waals surface area (Å²) in [5.74, 6) is 0.172. The van der Waals surface area contributed by atoms with E-state index >= 15 is 0 Å². The second-order valence-corrected chi connectivity index (χ2v) is 11.9. The summed E-state index contributed by atoms with van der Waals surface area (Å²) in [4.78, 5) is 12.8. The second-order valence-electron chi connectivity index (χ2n) is 7.95. The zero-order valence-electron chi connectivity index (χ0n) is 19.5. The Labute approximate surface area is 200 Å². The number of rotatable bonds is 9. The monoisotopic (exact) mass is 511 g/mol. The molecule has 0 bridgehead atoms. The molecule has 10 nitrogen and oxygen atoms in total. The van der Waals surface area contributed by atoms with Gasteiger partial charge in [0.25, 0.3) is 5.91 Å². The smallest absolute Gasteiger partial charge is 0.265 e. The first-order valence-corrected chi connectivity index (χ1v) is 13.9. The Kier molecular flexibility index (Phi) is 7.74. The molecule has 1 aliphatic heterocycles. The number of ether oxygens (including phenoxy) is 2. The van der Waals surface area contributed by atoms with E-state index in [9.17, 15) is 21.6 Å². The van der Waals surface area contributed by atoms with Gasteiger partial charge in [0, 0.05) is 20.1 Å². The van der Waals surface area contributed by atoms with E-state index in [1.165, 1.54) is 36.7 Å². The van der Waals surface area contributed by atoms with Crippen molar-refractivity contribution in [2.45, 2.75) is 30.8 Å². The number of benzene rings is 2. The Hall–Kier alpha value is -2.83. The average Bonchev–Trinajstić information content (AvgIpc) is 3.34. The first-order chi connectivity index (χ1) is 15.9. The minimum absolute atomic E-state index is 0.0738. The largest absolute Gasteiger partial charge is 0.495 e. The molecule has 1 atom stereocenters. The molecule has 1 heterocycles. The molecule has 186 valence electrons. The highest BCUT2D eigenvalue weighted by molar-refractivity contribution is 7.92. The Morgan fingerprint density at radius 2 is 1.68 bits per heavy atom. The normalized spacial score (nSPS) is 15.5. The maximum absolute atomic E-state index is 12.9. The van der Waals surface area contributed by atoms with Crippen LogP contribution in [0.25, 0.3) is 0 Å². The zero-order valence-corrected chi connectivity index (χ0v) is 21.1. The number of carbonyl (C=O) groups excluding carboxylic acids is 1. The van der Waals surface area contributed by atoms with Gasteiger partial charge in [-0.15, -0.1) is 0 Å². The van der Waals surface area contributed by atoms with Gasteiger partial charge in [-0.3, -0.25) is 9.10 Å². The van der Waals surface area contributed by atoms with Crippen LogP contribution in [0.2, 0.25) is 0 Å². The third-order valence-corrected chi connectivity index (χ3v) is 8.61. The Morgan fingerprint density at radius 1 is 1.06 bits per heavy atom. The molecular weight excluding hydrogens is 482 g/mol. The van der Waals surface area contributed by atoms with Crippen molar-refractivity contribution in [3.63, 3.8) is 0 Å². The number of anilines is 2. The molecule has 34 heavy (non-hydrogen) atoms. The first kappa shape index (κ1) is 25.8. The third-order valence-electron chi connectivity index (χ3n) is 5.51. The number of nitrogens with one attached hydrogen (secondary N) is 1. The number of carbonyl (C=O) groups is 1. The van der Waals surface area contributed by atoms with Crippen LogP contribution in [0.5, 0.6) is 11.5 Å². The summed E-state index contributed by atoms with van der Waals surface area (Å²) in [5, 5.41) is 2.67. The van der Waals surface area contributed by atoms with Crippen LogP contribution >= 0.6 is 0 Å². The van der Waals surface area contributed by atoms with Gasteiger partial charge in [-0.1, -0.05) is 0 Å². The fraction of sp³-hybridized carbons (Fsp3) is 0.409. The highest BCUT2D eigenvalue weighted by Gasteiger charge is 2.28. The lowest BCUT2D eigenvalue weighted by Gasteiger charge is -2.19. The van der Waals surface area contributed by atoms with Crippen LogP contribution in [0.4, 0.5) is 11.4 Å². The van der Waals surface area contributed by atoms with E-state index in [-0.39, 0.29) is 10.6 Å². The fourth-order valence-corrected chi connectivity index (χ4v) is 5.49. The molecule has 1 aliphatic rings. The van der Waals surface area contributed by atoms with Gasteiger partial charge in [0.1, 0.15) is 11.5 Å². The number of amides is 1. The summed E-state index contributed by atoms with van der Waals surface area (Å²) in [6, 6.07) is 10.6. The Morgan fingerprint density at radius 3 is 2.24 bits per heavy atom. The van der Waals surface area contributed by atoms with Crippen molar-refractivity contribution in [2.24, 2.45) is 0 Å². The number of hydrogen-bond donors (Lipinski definition) is 1. The summed E-state index contributed by atoms with van der Waals surface area (Å²) < 4.78 is 62.6. The van der Waals surface area contributed by atoms with Crippen molar-refractivity contribution in [3.8, 4) is 11.5 Å². The van der Waals surface area contributed by atoms with Gasteiger partial charge in [-0.05, 0) is 62.2 Å². The van der Waals surface area contributed by atoms with Crippen LogP contribution in [0.1, 0.15) is 19.8 Å². The van der Waals surface area contributed by atoms with Crippen LogP contribution in [-0.2, 0) is 24.8 Å². The highest BCUT2D eigenvalue weighted by atomic mass is 32.2. The van der Waals surface area contributed by atoms with E-state index < -0.39 is 32.1 Å². The SMILES string of the molecule is COc1ccc(S(=O)(=O)N2CCCC2)cc1NC(=O)[C@H](C)Oc1ccc(N(C)S(C)(=O)=O)cc1. The predicted octanol–water partition coefficient (Wildman–Crippen LogP) is 2.28. The quantitative estimate of drug-likeness (QED) is 0.548. The van der Waals surface area contributed by atoms with Crippen LogP contribution in [0.15, 0.2) is 47.4 Å². The van der Waals surface area contributed by atoms with Crippen LogP contribution in [-0.4, -0.2) is 66.7 Å². The number of sulfonamides is 2. The molecule has 12 heteroatoms. The summed E-state index contributed by atoms with van der Waals surface area (Å²) in [6.07, 6.45) is 1.81. The average molecular weight is 512 g/mol. The Bertz CT molecular complexity index is 1240. The molecule has 1 N–H and O–H groups in total. The first-order valence-electron chi connectivity index (χ1n) is 10.6. The lowest BCUT2D eigenvalue weighted by molar-refractivity contribution is -0.122. The van der Waals surface area contributed by atoms with Gasteiger partial charge in [0.05, 0.1) is 29.6 Å². The molecule has 0 aromatic heterocycles. The molecule has 0 radical (unpaired) electrons. The Balaban J connectivity index is 1.73. The minimum atomic E-state index is -3.66. The standard InChI is InChI=1S/C22H29N3O7S2/c1-16(32-18-9-7-17(8-10-18)24(2)33(4,27)28)22(26)23-20-15-19(11-12-21(20)31-3)34(29,30)25-13-5-6-14-25/h7-12,15-16H,5-6,13-14H2,1-4H3,(H,23,26)/t16-/m0/s1. The van der Waals surface area contributed by atoms with Gasteiger partial charge in [-0.25, -0.2) is 16.8 Å². The summed E-state index contributed by atoms with van der Waals surface area (Å²) in [7, 11) is -4.20. The van der Waals surface area contributed by atoms with Crippen molar-refractivity contribution in [1.82, 2.24) is 4.31 Å². The van der Waals surface area contributed by atoms with Gasteiger partial charge in [-0.2, -0.15) is 4.31 Å². The summed E-state index contributed by atoms with van der Waals surface area (Å²) in [5.41, 5.74) is 0.668. The number of nitrogens with zero attached hydrogens (tertiary/aromatic N) is 2. The summed E-state index contributed by atoms with van der Waals surface area (Å²) in [6.45, 7) is 2.49. The molecule has 1 saturated heterocycles. The van der Waals surface area contributed by atoms with Gasteiger partial charge in [0.15, 0.2) is 6.10 Å². The maximum atomic E-state index is 12.9. The van der Waals surface area contributed by atoms with Gasteiger partial charge in [0.2, 0.25) is 20.0 Å². The predicted molar refractivity (Wildman–Crippen MR) is 129 cm³/mol. The summed E-state index contributed by atoms with van der Waals surface area (Å²) >= 11 is 0. The molecule has 1 amide bonds. The number of methoxy groups -OCH3 is 1. The lowest BCUT2D eigenvalue weighted by atomic mass is 10.2.